The van der Waals surface area contributed by atoms with Crippen molar-refractivity contribution in [1.82, 2.24) is 5.32 Å². The lowest BCUT2D eigenvalue weighted by molar-refractivity contribution is -0.143. The highest BCUT2D eigenvalue weighted by atomic mass is 16.5. The van der Waals surface area contributed by atoms with E-state index in [0.717, 1.165) is 57.8 Å². The van der Waals surface area contributed by atoms with E-state index in [-0.39, 0.29) is 18.5 Å². The minimum Gasteiger partial charge on any atom is -0.466 e. The highest BCUT2D eigenvalue weighted by Crippen LogP contribution is 2.16. The van der Waals surface area contributed by atoms with Crippen molar-refractivity contribution in [3.05, 3.63) is 24.3 Å². The van der Waals surface area contributed by atoms with E-state index in [0.29, 0.717) is 19.4 Å². The molecule has 0 radical (unpaired) electrons. The molecule has 0 aliphatic heterocycles. The first-order chi connectivity index (χ1) is 29.0. The fourth-order valence-electron chi connectivity index (χ4n) is 7.92. The Hall–Kier alpha value is -1.66. The Kier molecular flexibility index (Phi) is 47.6. The normalized spacial score (nSPS) is 12.8. The SMILES string of the molecule is CCCCCCCC/C=C\CCCCCCCCCCCC(=O)OCCCCCCCCCCCCCCCC(=O)NC(CO)C(O)/C=C/CCCCCCCCCC. The van der Waals surface area contributed by atoms with Crippen LogP contribution in [0.15, 0.2) is 24.3 Å². The zero-order valence-corrected chi connectivity index (χ0v) is 39.5. The number of rotatable bonds is 48. The third-order valence-corrected chi connectivity index (χ3v) is 12.0. The van der Waals surface area contributed by atoms with E-state index < -0.39 is 12.1 Å². The molecule has 0 saturated carbocycles. The summed E-state index contributed by atoms with van der Waals surface area (Å²) in [5.74, 6) is -0.0906. The molecule has 0 heterocycles. The standard InChI is InChI=1S/C53H101NO5/c1-3-5-7-9-11-13-15-16-17-18-19-20-21-24-27-31-35-39-43-47-53(58)59-48-44-40-36-32-28-25-22-23-26-30-34-38-42-46-52(57)54-50(49-55)51(56)45-41-37-33-29-14-12-10-8-6-4-2/h16-17,41,45,50-51,55-56H,3-15,18-40,42-44,46-49H2,1-2H3,(H,54,57)/b17-16-,45-41+. The maximum Gasteiger partial charge on any atom is 0.305 e. The summed E-state index contributed by atoms with van der Waals surface area (Å²) in [5, 5.41) is 22.9. The van der Waals surface area contributed by atoms with Crippen molar-refractivity contribution in [2.24, 2.45) is 0 Å². The second-order valence-electron chi connectivity index (χ2n) is 17.9. The van der Waals surface area contributed by atoms with Crippen LogP contribution in [0, 0.1) is 0 Å². The second kappa shape index (κ2) is 49.0. The molecular formula is C53H101NO5. The van der Waals surface area contributed by atoms with Crippen LogP contribution in [0.25, 0.3) is 0 Å². The molecule has 0 spiro atoms. The minimum absolute atomic E-state index is 0.00784. The van der Waals surface area contributed by atoms with Crippen molar-refractivity contribution in [2.75, 3.05) is 13.2 Å². The van der Waals surface area contributed by atoms with Gasteiger partial charge in [0.2, 0.25) is 5.91 Å². The Balaban J connectivity index is 3.43. The first-order valence-corrected chi connectivity index (χ1v) is 26.1. The number of carbonyl (C=O) groups excluding carboxylic acids is 2. The quantitative estimate of drug-likeness (QED) is 0.0322. The number of aliphatic hydroxyl groups is 2. The molecule has 2 unspecified atom stereocenters. The fourth-order valence-corrected chi connectivity index (χ4v) is 7.92. The molecule has 6 heteroatoms. The highest BCUT2D eigenvalue weighted by Gasteiger charge is 2.18. The Bertz CT molecular complexity index is 920. The van der Waals surface area contributed by atoms with Crippen LogP contribution in [0.2, 0.25) is 0 Å². The van der Waals surface area contributed by atoms with Gasteiger partial charge in [-0.1, -0.05) is 231 Å². The number of allylic oxidation sites excluding steroid dienone is 3. The van der Waals surface area contributed by atoms with Crippen molar-refractivity contribution in [2.45, 2.75) is 289 Å². The summed E-state index contributed by atoms with van der Waals surface area (Å²) in [6.45, 7) is 4.85. The number of hydrogen-bond donors (Lipinski definition) is 3. The lowest BCUT2D eigenvalue weighted by Crippen LogP contribution is -2.45. The number of aliphatic hydroxyl groups excluding tert-OH is 2. The van der Waals surface area contributed by atoms with E-state index in [1.54, 1.807) is 6.08 Å². The summed E-state index contributed by atoms with van der Waals surface area (Å²) in [5.41, 5.74) is 0. The van der Waals surface area contributed by atoms with Gasteiger partial charge >= 0.3 is 5.97 Å². The molecule has 0 aromatic rings. The summed E-state index contributed by atoms with van der Waals surface area (Å²) in [7, 11) is 0. The van der Waals surface area contributed by atoms with Crippen molar-refractivity contribution >= 4 is 11.9 Å². The molecule has 1 amide bonds. The van der Waals surface area contributed by atoms with E-state index in [1.807, 2.05) is 6.08 Å². The average Bonchev–Trinajstić information content (AvgIpc) is 3.24. The maximum atomic E-state index is 12.4. The molecule has 0 aromatic carbocycles. The second-order valence-corrected chi connectivity index (χ2v) is 17.9. The molecule has 59 heavy (non-hydrogen) atoms. The molecule has 0 bridgehead atoms. The van der Waals surface area contributed by atoms with Crippen LogP contribution in [-0.2, 0) is 14.3 Å². The van der Waals surface area contributed by atoms with E-state index in [2.05, 4.69) is 31.3 Å². The van der Waals surface area contributed by atoms with Gasteiger partial charge in [0.25, 0.3) is 0 Å². The third kappa shape index (κ3) is 45.7. The van der Waals surface area contributed by atoms with E-state index in [9.17, 15) is 19.8 Å². The van der Waals surface area contributed by atoms with E-state index in [4.69, 9.17) is 4.74 Å². The van der Waals surface area contributed by atoms with E-state index >= 15 is 0 Å². The first kappa shape index (κ1) is 57.3. The van der Waals surface area contributed by atoms with Gasteiger partial charge in [-0.05, 0) is 57.8 Å². The molecule has 0 aliphatic rings. The molecular weight excluding hydrogens is 731 g/mol. The Morgan fingerprint density at radius 3 is 1.20 bits per heavy atom. The van der Waals surface area contributed by atoms with Gasteiger partial charge in [-0.3, -0.25) is 9.59 Å². The van der Waals surface area contributed by atoms with Crippen LogP contribution in [0.3, 0.4) is 0 Å². The monoisotopic (exact) mass is 832 g/mol. The lowest BCUT2D eigenvalue weighted by atomic mass is 10.0. The van der Waals surface area contributed by atoms with Crippen LogP contribution < -0.4 is 5.32 Å². The minimum atomic E-state index is -0.851. The van der Waals surface area contributed by atoms with Crippen molar-refractivity contribution in [3.63, 3.8) is 0 Å². The summed E-state index contributed by atoms with van der Waals surface area (Å²) >= 11 is 0. The number of ether oxygens (including phenoxy) is 1. The molecule has 2 atom stereocenters. The summed E-state index contributed by atoms with van der Waals surface area (Å²) in [4.78, 5) is 24.4. The Morgan fingerprint density at radius 1 is 0.458 bits per heavy atom. The molecule has 6 nitrogen and oxygen atoms in total. The van der Waals surface area contributed by atoms with E-state index in [1.165, 1.54) is 193 Å². The average molecular weight is 832 g/mol. The number of nitrogens with one attached hydrogen (secondary N) is 1. The van der Waals surface area contributed by atoms with Gasteiger partial charge in [0, 0.05) is 12.8 Å². The molecule has 3 N–H and O–H groups in total. The van der Waals surface area contributed by atoms with Crippen molar-refractivity contribution in [1.29, 1.82) is 0 Å². The molecule has 348 valence electrons. The molecule has 0 aliphatic carbocycles. The highest BCUT2D eigenvalue weighted by molar-refractivity contribution is 5.76. The van der Waals surface area contributed by atoms with Crippen LogP contribution in [-0.4, -0.2) is 47.4 Å². The number of carbonyl (C=O) groups is 2. The van der Waals surface area contributed by atoms with Gasteiger partial charge in [0.1, 0.15) is 0 Å². The largest absolute Gasteiger partial charge is 0.466 e. The van der Waals surface area contributed by atoms with Gasteiger partial charge in [0.05, 0.1) is 25.4 Å². The molecule has 0 fully saturated rings. The number of esters is 1. The van der Waals surface area contributed by atoms with Crippen LogP contribution in [0.4, 0.5) is 0 Å². The van der Waals surface area contributed by atoms with Crippen LogP contribution >= 0.6 is 0 Å². The zero-order chi connectivity index (χ0) is 43.0. The third-order valence-electron chi connectivity index (χ3n) is 12.0. The maximum absolute atomic E-state index is 12.4. The first-order valence-electron chi connectivity index (χ1n) is 26.1. The van der Waals surface area contributed by atoms with Crippen LogP contribution in [0.1, 0.15) is 277 Å². The summed E-state index contributed by atoms with van der Waals surface area (Å²) in [6, 6.07) is -0.635. The van der Waals surface area contributed by atoms with Gasteiger partial charge in [-0.25, -0.2) is 0 Å². The van der Waals surface area contributed by atoms with Crippen molar-refractivity contribution < 1.29 is 24.5 Å². The molecule has 0 rings (SSSR count). The number of hydrogen-bond acceptors (Lipinski definition) is 5. The number of amides is 1. The topological polar surface area (TPSA) is 95.9 Å². The smallest absolute Gasteiger partial charge is 0.305 e. The predicted molar refractivity (Wildman–Crippen MR) is 255 cm³/mol. The predicted octanol–water partition coefficient (Wildman–Crippen LogP) is 15.5. The van der Waals surface area contributed by atoms with Gasteiger partial charge in [0.15, 0.2) is 0 Å². The number of unbranched alkanes of at least 4 members (excludes halogenated alkanes) is 35. The van der Waals surface area contributed by atoms with Gasteiger partial charge in [-0.2, -0.15) is 0 Å². The summed E-state index contributed by atoms with van der Waals surface area (Å²) < 4.78 is 5.47. The fraction of sp³-hybridized carbons (Fsp3) is 0.887. The lowest BCUT2D eigenvalue weighted by Gasteiger charge is -2.20. The van der Waals surface area contributed by atoms with Gasteiger partial charge < -0.3 is 20.3 Å². The zero-order valence-electron chi connectivity index (χ0n) is 39.5. The Morgan fingerprint density at radius 2 is 0.797 bits per heavy atom. The van der Waals surface area contributed by atoms with Crippen molar-refractivity contribution in [3.8, 4) is 0 Å². The Labute approximate surface area is 367 Å². The molecule has 0 saturated heterocycles. The van der Waals surface area contributed by atoms with Gasteiger partial charge in [-0.15, -0.1) is 0 Å². The summed E-state index contributed by atoms with van der Waals surface area (Å²) in [6.07, 6.45) is 57.5. The molecule has 0 aromatic heterocycles. The van der Waals surface area contributed by atoms with Crippen LogP contribution in [0.5, 0.6) is 0 Å².